The van der Waals surface area contributed by atoms with E-state index in [0.29, 0.717) is 18.4 Å². The lowest BCUT2D eigenvalue weighted by atomic mass is 9.95. The van der Waals surface area contributed by atoms with Gasteiger partial charge < -0.3 is 5.73 Å². The fraction of sp³-hybridized carbons (Fsp3) is 0.750. The molecule has 0 radical (unpaired) electrons. The Bertz CT molecular complexity index is 397. The summed E-state index contributed by atoms with van der Waals surface area (Å²) in [5.41, 5.74) is 9.30. The maximum absolute atomic E-state index is 5.79. The van der Waals surface area contributed by atoms with E-state index in [0.717, 1.165) is 17.2 Å². The summed E-state index contributed by atoms with van der Waals surface area (Å²) in [7, 11) is 0. The van der Waals surface area contributed by atoms with Crippen molar-refractivity contribution < 1.29 is 0 Å². The van der Waals surface area contributed by atoms with Crippen molar-refractivity contribution in [2.75, 3.05) is 6.54 Å². The molecule has 3 heteroatoms. The molecule has 0 amide bonds. The molecule has 0 aromatic carbocycles. The molecule has 2 N–H and O–H groups in total. The van der Waals surface area contributed by atoms with Crippen LogP contribution in [0.15, 0.2) is 0 Å². The van der Waals surface area contributed by atoms with Crippen molar-refractivity contribution in [2.24, 2.45) is 5.73 Å². The van der Waals surface area contributed by atoms with E-state index in [1.54, 1.807) is 0 Å². The molecule has 1 atom stereocenters. The van der Waals surface area contributed by atoms with E-state index >= 15 is 0 Å². The van der Waals surface area contributed by atoms with Gasteiger partial charge in [0.25, 0.3) is 0 Å². The first-order chi connectivity index (χ1) is 9.13. The average molecular weight is 261 g/mol. The van der Waals surface area contributed by atoms with Crippen molar-refractivity contribution in [1.29, 1.82) is 0 Å². The fourth-order valence-electron chi connectivity index (χ4n) is 3.30. The van der Waals surface area contributed by atoms with Crippen LogP contribution in [0.5, 0.6) is 0 Å². The molecule has 1 aliphatic carbocycles. The Morgan fingerprint density at radius 2 is 1.58 bits per heavy atom. The van der Waals surface area contributed by atoms with Gasteiger partial charge in [-0.25, -0.2) is 9.97 Å². The van der Waals surface area contributed by atoms with Gasteiger partial charge in [-0.3, -0.25) is 0 Å². The zero-order chi connectivity index (χ0) is 13.8. The Morgan fingerprint density at radius 1 is 1.05 bits per heavy atom. The molecular formula is C16H27N3. The molecule has 1 aliphatic rings. The second-order valence-electron chi connectivity index (χ2n) is 5.99. The highest BCUT2D eigenvalue weighted by Crippen LogP contribution is 2.31. The van der Waals surface area contributed by atoms with E-state index in [2.05, 4.69) is 20.8 Å². The van der Waals surface area contributed by atoms with Crippen molar-refractivity contribution >= 4 is 0 Å². The fourth-order valence-corrected chi connectivity index (χ4v) is 3.30. The minimum absolute atomic E-state index is 0.350. The third-order valence-electron chi connectivity index (χ3n) is 4.41. The molecule has 0 saturated heterocycles. The molecular weight excluding hydrogens is 234 g/mol. The molecule has 0 bridgehead atoms. The highest BCUT2D eigenvalue weighted by atomic mass is 14.9. The second kappa shape index (κ2) is 6.47. The van der Waals surface area contributed by atoms with Crippen LogP contribution in [0, 0.1) is 13.8 Å². The van der Waals surface area contributed by atoms with Crippen LogP contribution in [0.1, 0.15) is 80.1 Å². The van der Waals surface area contributed by atoms with Crippen LogP contribution in [-0.4, -0.2) is 16.5 Å². The number of hydrogen-bond donors (Lipinski definition) is 1. The molecule has 1 aromatic rings. The van der Waals surface area contributed by atoms with Gasteiger partial charge in [0.1, 0.15) is 5.82 Å². The van der Waals surface area contributed by atoms with E-state index in [1.807, 2.05) is 0 Å². The summed E-state index contributed by atoms with van der Waals surface area (Å²) in [6.45, 7) is 7.03. The van der Waals surface area contributed by atoms with Gasteiger partial charge in [-0.2, -0.15) is 0 Å². The molecule has 0 aliphatic heterocycles. The van der Waals surface area contributed by atoms with Crippen LogP contribution in [0.25, 0.3) is 0 Å². The van der Waals surface area contributed by atoms with Crippen molar-refractivity contribution in [3.05, 3.63) is 22.8 Å². The quantitative estimate of drug-likeness (QED) is 0.846. The topological polar surface area (TPSA) is 51.8 Å². The predicted molar refractivity (Wildman–Crippen MR) is 79.4 cm³/mol. The number of aryl methyl sites for hydroxylation is 2. The smallest absolute Gasteiger partial charge is 0.131 e. The first kappa shape index (κ1) is 14.4. The highest BCUT2D eigenvalue weighted by molar-refractivity contribution is 5.29. The Labute approximate surface area is 117 Å². The number of nitrogens with zero attached hydrogens (tertiary/aromatic N) is 2. The highest BCUT2D eigenvalue weighted by Gasteiger charge is 2.20. The molecule has 1 heterocycles. The van der Waals surface area contributed by atoms with E-state index in [-0.39, 0.29) is 0 Å². The van der Waals surface area contributed by atoms with Crippen LogP contribution in [0.2, 0.25) is 0 Å². The minimum atomic E-state index is 0.350. The summed E-state index contributed by atoms with van der Waals surface area (Å²) in [6.07, 6.45) is 7.91. The molecule has 2 rings (SSSR count). The predicted octanol–water partition coefficient (Wildman–Crippen LogP) is 3.59. The Kier molecular flexibility index (Phi) is 4.92. The molecule has 1 fully saturated rings. The molecule has 19 heavy (non-hydrogen) atoms. The second-order valence-corrected chi connectivity index (χ2v) is 5.99. The summed E-state index contributed by atoms with van der Waals surface area (Å²) < 4.78 is 0. The minimum Gasteiger partial charge on any atom is -0.330 e. The van der Waals surface area contributed by atoms with Crippen LogP contribution in [0.4, 0.5) is 0 Å². The average Bonchev–Trinajstić information content (AvgIpc) is 2.66. The van der Waals surface area contributed by atoms with Gasteiger partial charge in [0.15, 0.2) is 0 Å². The molecule has 106 valence electrons. The van der Waals surface area contributed by atoms with Crippen molar-refractivity contribution in [3.63, 3.8) is 0 Å². The van der Waals surface area contributed by atoms with E-state index in [1.165, 1.54) is 44.1 Å². The summed E-state index contributed by atoms with van der Waals surface area (Å²) >= 11 is 0. The SMILES string of the molecule is Cc1nc(C2CCCCCC2)nc(C)c1C(C)CN. The maximum atomic E-state index is 5.79. The van der Waals surface area contributed by atoms with Crippen LogP contribution in [0.3, 0.4) is 0 Å². The zero-order valence-electron chi connectivity index (χ0n) is 12.6. The summed E-state index contributed by atoms with van der Waals surface area (Å²) in [6, 6.07) is 0. The first-order valence-corrected chi connectivity index (χ1v) is 7.68. The molecule has 1 unspecified atom stereocenters. The van der Waals surface area contributed by atoms with Gasteiger partial charge >= 0.3 is 0 Å². The molecule has 3 nitrogen and oxygen atoms in total. The molecule has 1 saturated carbocycles. The first-order valence-electron chi connectivity index (χ1n) is 7.68. The number of nitrogens with two attached hydrogens (primary N) is 1. The van der Waals surface area contributed by atoms with E-state index < -0.39 is 0 Å². The molecule has 1 aromatic heterocycles. The largest absolute Gasteiger partial charge is 0.330 e. The Balaban J connectivity index is 2.28. The van der Waals surface area contributed by atoms with Crippen LogP contribution >= 0.6 is 0 Å². The lowest BCUT2D eigenvalue weighted by molar-refractivity contribution is 0.553. The van der Waals surface area contributed by atoms with Gasteiger partial charge in [-0.1, -0.05) is 32.6 Å². The maximum Gasteiger partial charge on any atom is 0.131 e. The van der Waals surface area contributed by atoms with Gasteiger partial charge in [-0.15, -0.1) is 0 Å². The van der Waals surface area contributed by atoms with Crippen molar-refractivity contribution in [1.82, 2.24) is 9.97 Å². The van der Waals surface area contributed by atoms with Crippen LogP contribution < -0.4 is 5.73 Å². The Morgan fingerprint density at radius 3 is 2.05 bits per heavy atom. The monoisotopic (exact) mass is 261 g/mol. The zero-order valence-corrected chi connectivity index (χ0v) is 12.6. The van der Waals surface area contributed by atoms with Crippen LogP contribution in [-0.2, 0) is 0 Å². The summed E-state index contributed by atoms with van der Waals surface area (Å²) in [5.74, 6) is 2.00. The number of hydrogen-bond acceptors (Lipinski definition) is 3. The van der Waals surface area contributed by atoms with E-state index in [9.17, 15) is 0 Å². The number of rotatable bonds is 3. The van der Waals surface area contributed by atoms with Gasteiger partial charge in [0.2, 0.25) is 0 Å². The van der Waals surface area contributed by atoms with Crippen molar-refractivity contribution in [3.8, 4) is 0 Å². The van der Waals surface area contributed by atoms with E-state index in [4.69, 9.17) is 15.7 Å². The van der Waals surface area contributed by atoms with Gasteiger partial charge in [0.05, 0.1) is 0 Å². The third-order valence-corrected chi connectivity index (χ3v) is 4.41. The van der Waals surface area contributed by atoms with Gasteiger partial charge in [-0.05, 0) is 44.7 Å². The Hall–Kier alpha value is -0.960. The third kappa shape index (κ3) is 3.33. The standard InChI is InChI=1S/C16H27N3/c1-11(10-17)15-12(2)18-16(19-13(15)3)14-8-6-4-5-7-9-14/h11,14H,4-10,17H2,1-3H3. The van der Waals surface area contributed by atoms with Crippen molar-refractivity contribution in [2.45, 2.75) is 71.1 Å². The lowest BCUT2D eigenvalue weighted by Gasteiger charge is -2.19. The molecule has 0 spiro atoms. The summed E-state index contributed by atoms with van der Waals surface area (Å²) in [5, 5.41) is 0. The normalized spacial score (nSPS) is 19.2. The number of aromatic nitrogens is 2. The van der Waals surface area contributed by atoms with Gasteiger partial charge in [0, 0.05) is 17.3 Å². The summed E-state index contributed by atoms with van der Waals surface area (Å²) in [4.78, 5) is 9.60. The lowest BCUT2D eigenvalue weighted by Crippen LogP contribution is -2.16.